The van der Waals surface area contributed by atoms with Crippen LogP contribution in [0.5, 0.6) is 0 Å². The number of rotatable bonds is 27. The van der Waals surface area contributed by atoms with Crippen molar-refractivity contribution in [1.82, 2.24) is 31.1 Å². The van der Waals surface area contributed by atoms with E-state index in [0.717, 1.165) is 0 Å². The van der Waals surface area contributed by atoms with Crippen molar-refractivity contribution in [3.63, 3.8) is 0 Å². The summed E-state index contributed by atoms with van der Waals surface area (Å²) in [6.07, 6.45) is 6.38. The molecule has 57 heavy (non-hydrogen) atoms. The monoisotopic (exact) mass is 810 g/mol. The Labute approximate surface area is 334 Å². The van der Waals surface area contributed by atoms with Crippen LogP contribution < -0.4 is 55.7 Å². The Morgan fingerprint density at radius 1 is 0.632 bits per heavy atom. The van der Waals surface area contributed by atoms with Crippen LogP contribution in [-0.4, -0.2) is 144 Å². The van der Waals surface area contributed by atoms with E-state index in [-0.39, 0.29) is 44.9 Å². The van der Waals surface area contributed by atoms with Crippen molar-refractivity contribution in [3.05, 3.63) is 0 Å². The number of likely N-dealkylation sites (tertiary alicyclic amines) is 2. The van der Waals surface area contributed by atoms with E-state index in [4.69, 9.17) is 39.5 Å². The van der Waals surface area contributed by atoms with Gasteiger partial charge in [-0.1, -0.05) is 6.42 Å². The van der Waals surface area contributed by atoms with Gasteiger partial charge in [0.05, 0.1) is 6.04 Å². The highest BCUT2D eigenvalue weighted by Crippen LogP contribution is 2.23. The zero-order valence-corrected chi connectivity index (χ0v) is 33.1. The van der Waals surface area contributed by atoms with Gasteiger partial charge in [0, 0.05) is 19.6 Å². The van der Waals surface area contributed by atoms with Crippen molar-refractivity contribution >= 4 is 47.4 Å². The maximum Gasteiger partial charge on any atom is 0.322 e. The Morgan fingerprint density at radius 2 is 1.11 bits per heavy atom. The first kappa shape index (κ1) is 48.5. The molecule has 2 aliphatic rings. The van der Waals surface area contributed by atoms with Crippen molar-refractivity contribution in [2.24, 2.45) is 39.4 Å². The summed E-state index contributed by atoms with van der Waals surface area (Å²) in [6.45, 7) is 1.22. The van der Waals surface area contributed by atoms with Gasteiger partial charge < -0.3 is 70.6 Å². The third-order valence-electron chi connectivity index (χ3n) is 10.1. The molecule has 0 aromatic rings. The van der Waals surface area contributed by atoms with E-state index in [9.17, 15) is 33.6 Å². The van der Waals surface area contributed by atoms with Crippen molar-refractivity contribution in [2.75, 3.05) is 45.8 Å². The molecule has 0 spiro atoms. The zero-order chi connectivity index (χ0) is 42.3. The van der Waals surface area contributed by atoms with E-state index in [1.165, 1.54) is 9.80 Å². The van der Waals surface area contributed by atoms with Gasteiger partial charge in [-0.3, -0.25) is 38.6 Å². The fraction of sp³-hybridized carbons (Fsp3) is 0.778. The van der Waals surface area contributed by atoms with E-state index < -0.39 is 84.2 Å². The lowest BCUT2D eigenvalue weighted by Crippen LogP contribution is -2.59. The second-order valence-electron chi connectivity index (χ2n) is 14.6. The number of hydrogen-bond donors (Lipinski definition) is 11. The van der Waals surface area contributed by atoms with Gasteiger partial charge in [-0.15, -0.1) is 0 Å². The number of carbonyl (C=O) groups is 7. The highest BCUT2D eigenvalue weighted by atomic mass is 16.4. The molecule has 2 saturated heterocycles. The van der Waals surface area contributed by atoms with Crippen molar-refractivity contribution in [3.8, 4) is 0 Å². The number of nitrogens with one attached hydrogen (secondary N) is 4. The number of carbonyl (C=O) groups excluding carboxylic acids is 6. The van der Waals surface area contributed by atoms with Gasteiger partial charge in [0.25, 0.3) is 0 Å². The van der Waals surface area contributed by atoms with Gasteiger partial charge in [0.1, 0.15) is 36.8 Å². The first-order chi connectivity index (χ1) is 27.2. The van der Waals surface area contributed by atoms with Crippen LogP contribution in [0.3, 0.4) is 0 Å². The van der Waals surface area contributed by atoms with Gasteiger partial charge in [0.15, 0.2) is 5.96 Å². The molecule has 6 amide bonds. The molecule has 0 aromatic heterocycles. The molecule has 324 valence electrons. The molecule has 0 bridgehead atoms. The molecule has 0 unspecified atom stereocenters. The molecular formula is C36H67N13O8. The summed E-state index contributed by atoms with van der Waals surface area (Å²) in [5.74, 6) is -4.66. The maximum atomic E-state index is 14.3. The molecule has 21 heteroatoms. The summed E-state index contributed by atoms with van der Waals surface area (Å²) >= 11 is 0. The van der Waals surface area contributed by atoms with E-state index in [2.05, 4.69) is 26.3 Å². The minimum Gasteiger partial charge on any atom is -0.480 e. The molecule has 2 heterocycles. The molecule has 17 N–H and O–H groups in total. The number of aliphatic imine (C=N–C) groups is 1. The van der Waals surface area contributed by atoms with Crippen LogP contribution in [0.4, 0.5) is 0 Å². The van der Waals surface area contributed by atoms with E-state index in [1.807, 2.05) is 0 Å². The number of aliphatic carboxylic acids is 1. The highest BCUT2D eigenvalue weighted by Gasteiger charge is 2.42. The van der Waals surface area contributed by atoms with Crippen molar-refractivity contribution in [2.45, 2.75) is 133 Å². The third-order valence-corrected chi connectivity index (χ3v) is 10.1. The SMILES string of the molecule is NCCCC[C@H](NC(=O)[C@@H](N)CCCCN)C(=O)N[C@@H](CCCN=C(N)N)C(=O)N1CCC[C@H]1C(=O)N[C@@H](CCCCN)C(=O)N1CCC[C@H]1C(=O)NCC(=O)O. The zero-order valence-electron chi connectivity index (χ0n) is 33.1. The van der Waals surface area contributed by atoms with E-state index in [0.29, 0.717) is 96.7 Å². The summed E-state index contributed by atoms with van der Waals surface area (Å²) in [5.41, 5.74) is 34.0. The number of unbranched alkanes of at least 4 members (excludes halogenated alkanes) is 3. The lowest BCUT2D eigenvalue weighted by molar-refractivity contribution is -0.145. The molecule has 2 fully saturated rings. The van der Waals surface area contributed by atoms with E-state index >= 15 is 0 Å². The summed E-state index contributed by atoms with van der Waals surface area (Å²) in [7, 11) is 0. The Bertz CT molecular complexity index is 1370. The minimum absolute atomic E-state index is 0.106. The lowest BCUT2D eigenvalue weighted by Gasteiger charge is -2.32. The van der Waals surface area contributed by atoms with Crippen LogP contribution in [0.25, 0.3) is 0 Å². The van der Waals surface area contributed by atoms with Crippen LogP contribution in [0.15, 0.2) is 4.99 Å². The Morgan fingerprint density at radius 3 is 1.63 bits per heavy atom. The molecule has 0 radical (unpaired) electrons. The highest BCUT2D eigenvalue weighted by molar-refractivity contribution is 5.97. The van der Waals surface area contributed by atoms with Crippen LogP contribution in [0, 0.1) is 0 Å². The minimum atomic E-state index is -1.22. The Balaban J connectivity index is 2.30. The van der Waals surface area contributed by atoms with Crippen LogP contribution >= 0.6 is 0 Å². The molecule has 6 atom stereocenters. The Hall–Kier alpha value is -4.60. The normalized spacial score (nSPS) is 18.5. The van der Waals surface area contributed by atoms with E-state index in [1.54, 1.807) is 0 Å². The quantitative estimate of drug-likeness (QED) is 0.0217. The maximum absolute atomic E-state index is 14.3. The van der Waals surface area contributed by atoms with Gasteiger partial charge in [0.2, 0.25) is 35.4 Å². The molecule has 2 aliphatic heterocycles. The predicted octanol–water partition coefficient (Wildman–Crippen LogP) is -3.61. The first-order valence-corrected chi connectivity index (χ1v) is 20.2. The van der Waals surface area contributed by atoms with Gasteiger partial charge in [-0.2, -0.15) is 0 Å². The topological polar surface area (TPSA) is 363 Å². The fourth-order valence-electron chi connectivity index (χ4n) is 7.02. The molecular weight excluding hydrogens is 742 g/mol. The van der Waals surface area contributed by atoms with Crippen LogP contribution in [-0.2, 0) is 33.6 Å². The average molecular weight is 810 g/mol. The Kier molecular flexibility index (Phi) is 22.4. The molecule has 0 saturated carbocycles. The standard InChI is InChI=1S/C36H67N13O8/c37-16-4-1-10-23(40)30(52)45-24(11-2-5-17-38)31(53)46-26(13-7-19-43-36(41)42)35(57)49-21-9-15-28(49)33(55)47-25(12-3-6-18-39)34(56)48-20-8-14-27(48)32(54)44-22-29(50)51/h23-28H,1-22,37-40H2,(H,44,54)(H,45,52)(H,46,53)(H,47,55)(H,50,51)(H4,41,42,43)/t23-,24-,25-,26-,27-,28-/m0/s1. The average Bonchev–Trinajstić information content (AvgIpc) is 3.88. The number of nitrogens with two attached hydrogens (primary N) is 6. The fourth-order valence-corrected chi connectivity index (χ4v) is 7.02. The summed E-state index contributed by atoms with van der Waals surface area (Å²) in [5, 5.41) is 19.7. The number of carboxylic acids is 1. The summed E-state index contributed by atoms with van der Waals surface area (Å²) in [4.78, 5) is 99.6. The first-order valence-electron chi connectivity index (χ1n) is 20.2. The molecule has 0 aliphatic carbocycles. The predicted molar refractivity (Wildman–Crippen MR) is 213 cm³/mol. The second-order valence-corrected chi connectivity index (χ2v) is 14.6. The molecule has 0 aromatic carbocycles. The lowest BCUT2D eigenvalue weighted by atomic mass is 10.0. The van der Waals surface area contributed by atoms with Crippen molar-refractivity contribution < 1.29 is 38.7 Å². The van der Waals surface area contributed by atoms with Crippen LogP contribution in [0.2, 0.25) is 0 Å². The number of hydrogen-bond acceptors (Lipinski definition) is 12. The number of carboxylic acid groups (broad SMARTS) is 1. The number of nitrogens with zero attached hydrogens (tertiary/aromatic N) is 3. The smallest absolute Gasteiger partial charge is 0.322 e. The van der Waals surface area contributed by atoms with Crippen LogP contribution in [0.1, 0.15) is 96.3 Å². The second kappa shape index (κ2) is 26.3. The molecule has 21 nitrogen and oxygen atoms in total. The third kappa shape index (κ3) is 16.8. The summed E-state index contributed by atoms with van der Waals surface area (Å²) < 4.78 is 0. The number of guanidine groups is 1. The van der Waals surface area contributed by atoms with Gasteiger partial charge >= 0.3 is 5.97 Å². The van der Waals surface area contributed by atoms with Gasteiger partial charge in [-0.05, 0) is 110 Å². The number of amides is 6. The summed E-state index contributed by atoms with van der Waals surface area (Å²) in [6, 6.07) is -5.91. The van der Waals surface area contributed by atoms with Gasteiger partial charge in [-0.25, -0.2) is 0 Å². The largest absolute Gasteiger partial charge is 0.480 e. The van der Waals surface area contributed by atoms with Crippen molar-refractivity contribution in [1.29, 1.82) is 0 Å². The molecule has 2 rings (SSSR count).